The van der Waals surface area contributed by atoms with Crippen molar-refractivity contribution < 1.29 is 14.4 Å². The minimum Gasteiger partial charge on any atom is -0.376 e. The van der Waals surface area contributed by atoms with Gasteiger partial charge in [0, 0.05) is 36.9 Å². The highest BCUT2D eigenvalue weighted by atomic mass is 35.5. The molecule has 0 spiro atoms. The minimum atomic E-state index is -0.177. The molecule has 8 heteroatoms. The molecule has 0 atom stereocenters. The summed E-state index contributed by atoms with van der Waals surface area (Å²) in [6.07, 6.45) is 2.01. The van der Waals surface area contributed by atoms with E-state index in [9.17, 15) is 14.4 Å². The summed E-state index contributed by atoms with van der Waals surface area (Å²) in [5, 5.41) is 6.19. The Balaban J connectivity index is 1.68. The van der Waals surface area contributed by atoms with E-state index in [4.69, 9.17) is 11.6 Å². The molecule has 2 heterocycles. The van der Waals surface area contributed by atoms with Crippen molar-refractivity contribution in [3.8, 4) is 0 Å². The first-order valence-corrected chi connectivity index (χ1v) is 8.79. The van der Waals surface area contributed by atoms with E-state index in [1.54, 1.807) is 23.1 Å². The van der Waals surface area contributed by atoms with Gasteiger partial charge >= 0.3 is 0 Å². The summed E-state index contributed by atoms with van der Waals surface area (Å²) in [5.74, 6) is -0.410. The number of nitrogens with zero attached hydrogens (tertiary/aromatic N) is 2. The molecule has 1 aromatic rings. The van der Waals surface area contributed by atoms with Crippen LogP contribution in [0.3, 0.4) is 0 Å². The standard InChI is InChI=1S/C17H21ClN4O3/c18-12-3-4-14(13(9-12)17(25)21-6-1-2-7-21)20-10-16(24)22-8-5-19-15(23)11-22/h3-4,9,20H,1-2,5-8,10-11H2,(H,19,23). The third kappa shape index (κ3) is 4.22. The molecule has 0 aliphatic carbocycles. The van der Waals surface area contributed by atoms with Crippen LogP contribution in [0.1, 0.15) is 23.2 Å². The molecule has 0 radical (unpaired) electrons. The molecule has 0 saturated carbocycles. The molecule has 2 aliphatic rings. The fourth-order valence-electron chi connectivity index (χ4n) is 3.07. The van der Waals surface area contributed by atoms with Crippen LogP contribution in [0.25, 0.3) is 0 Å². The van der Waals surface area contributed by atoms with Crippen molar-refractivity contribution in [3.63, 3.8) is 0 Å². The molecule has 3 rings (SSSR count). The maximum absolute atomic E-state index is 12.7. The topological polar surface area (TPSA) is 81.8 Å². The molecular formula is C17H21ClN4O3. The number of piperazine rings is 1. The van der Waals surface area contributed by atoms with Gasteiger partial charge in [-0.3, -0.25) is 14.4 Å². The largest absolute Gasteiger partial charge is 0.376 e. The first-order chi connectivity index (χ1) is 12.0. The fraction of sp³-hybridized carbons (Fsp3) is 0.471. The van der Waals surface area contributed by atoms with Crippen LogP contribution in [0.4, 0.5) is 5.69 Å². The van der Waals surface area contributed by atoms with Gasteiger partial charge in [-0.05, 0) is 31.0 Å². The maximum Gasteiger partial charge on any atom is 0.256 e. The number of hydrogen-bond donors (Lipinski definition) is 2. The fourth-order valence-corrected chi connectivity index (χ4v) is 3.24. The van der Waals surface area contributed by atoms with Crippen molar-refractivity contribution in [2.45, 2.75) is 12.8 Å². The molecule has 0 aromatic heterocycles. The van der Waals surface area contributed by atoms with Gasteiger partial charge in [0.05, 0.1) is 18.7 Å². The molecule has 7 nitrogen and oxygen atoms in total. The highest BCUT2D eigenvalue weighted by molar-refractivity contribution is 6.31. The van der Waals surface area contributed by atoms with E-state index in [0.717, 1.165) is 25.9 Å². The number of nitrogens with one attached hydrogen (secondary N) is 2. The monoisotopic (exact) mass is 364 g/mol. The zero-order chi connectivity index (χ0) is 17.8. The average molecular weight is 365 g/mol. The predicted molar refractivity (Wildman–Crippen MR) is 94.7 cm³/mol. The van der Waals surface area contributed by atoms with Gasteiger partial charge in [-0.15, -0.1) is 0 Å². The SMILES string of the molecule is O=C1CN(C(=O)CNc2ccc(Cl)cc2C(=O)N2CCCC2)CCN1. The molecule has 25 heavy (non-hydrogen) atoms. The zero-order valence-corrected chi connectivity index (χ0v) is 14.6. The van der Waals surface area contributed by atoms with E-state index >= 15 is 0 Å². The second-order valence-electron chi connectivity index (χ2n) is 6.21. The number of halogens is 1. The van der Waals surface area contributed by atoms with Crippen LogP contribution >= 0.6 is 11.6 Å². The summed E-state index contributed by atoms with van der Waals surface area (Å²) in [6, 6.07) is 5.02. The molecule has 2 N–H and O–H groups in total. The highest BCUT2D eigenvalue weighted by Gasteiger charge is 2.24. The number of carbonyl (C=O) groups is 3. The number of anilines is 1. The first kappa shape index (κ1) is 17.5. The van der Waals surface area contributed by atoms with Gasteiger partial charge in [0.1, 0.15) is 0 Å². The van der Waals surface area contributed by atoms with Crippen LogP contribution in [0.15, 0.2) is 18.2 Å². The van der Waals surface area contributed by atoms with Crippen LogP contribution in [0.2, 0.25) is 5.02 Å². The van der Waals surface area contributed by atoms with Gasteiger partial charge in [0.15, 0.2) is 0 Å². The summed E-state index contributed by atoms with van der Waals surface area (Å²) in [7, 11) is 0. The lowest BCUT2D eigenvalue weighted by molar-refractivity contribution is -0.136. The summed E-state index contributed by atoms with van der Waals surface area (Å²) in [4.78, 5) is 39.7. The lowest BCUT2D eigenvalue weighted by atomic mass is 10.1. The van der Waals surface area contributed by atoms with Crippen molar-refractivity contribution in [2.24, 2.45) is 0 Å². The van der Waals surface area contributed by atoms with Gasteiger partial charge in [0.25, 0.3) is 5.91 Å². The minimum absolute atomic E-state index is 0.0230. The Hall–Kier alpha value is -2.28. The normalized spacial score (nSPS) is 17.4. The summed E-state index contributed by atoms with van der Waals surface area (Å²) in [6.45, 7) is 2.53. The van der Waals surface area contributed by atoms with E-state index in [0.29, 0.717) is 29.4 Å². The third-order valence-electron chi connectivity index (χ3n) is 4.43. The quantitative estimate of drug-likeness (QED) is 0.833. The second-order valence-corrected chi connectivity index (χ2v) is 6.64. The van der Waals surface area contributed by atoms with E-state index in [2.05, 4.69) is 10.6 Å². The second kappa shape index (κ2) is 7.74. The third-order valence-corrected chi connectivity index (χ3v) is 4.66. The Morgan fingerprint density at radius 3 is 2.64 bits per heavy atom. The van der Waals surface area contributed by atoms with Crippen molar-refractivity contribution in [1.29, 1.82) is 0 Å². The molecule has 3 amide bonds. The molecular weight excluding hydrogens is 344 g/mol. The Morgan fingerprint density at radius 1 is 1.16 bits per heavy atom. The number of amides is 3. The molecule has 0 bridgehead atoms. The van der Waals surface area contributed by atoms with E-state index < -0.39 is 0 Å². The van der Waals surface area contributed by atoms with Gasteiger partial charge in [-0.1, -0.05) is 11.6 Å². The van der Waals surface area contributed by atoms with Gasteiger partial charge in [-0.2, -0.15) is 0 Å². The Kier molecular flexibility index (Phi) is 5.43. The van der Waals surface area contributed by atoms with E-state index in [-0.39, 0.29) is 30.8 Å². The van der Waals surface area contributed by atoms with Crippen molar-refractivity contribution in [2.75, 3.05) is 44.6 Å². The van der Waals surface area contributed by atoms with E-state index in [1.807, 2.05) is 0 Å². The summed E-state index contributed by atoms with van der Waals surface area (Å²) in [5.41, 5.74) is 1.05. The maximum atomic E-state index is 12.7. The van der Waals surface area contributed by atoms with Crippen LogP contribution in [0.5, 0.6) is 0 Å². The van der Waals surface area contributed by atoms with Crippen LogP contribution < -0.4 is 10.6 Å². The van der Waals surface area contributed by atoms with Crippen LogP contribution in [-0.4, -0.2) is 66.8 Å². The summed E-state index contributed by atoms with van der Waals surface area (Å²) >= 11 is 6.05. The first-order valence-electron chi connectivity index (χ1n) is 8.42. The van der Waals surface area contributed by atoms with Crippen molar-refractivity contribution in [1.82, 2.24) is 15.1 Å². The van der Waals surface area contributed by atoms with Crippen molar-refractivity contribution >= 4 is 35.0 Å². The van der Waals surface area contributed by atoms with Crippen LogP contribution in [-0.2, 0) is 9.59 Å². The zero-order valence-electron chi connectivity index (χ0n) is 13.9. The molecule has 2 fully saturated rings. The smallest absolute Gasteiger partial charge is 0.256 e. The number of hydrogen-bond acceptors (Lipinski definition) is 4. The highest BCUT2D eigenvalue weighted by Crippen LogP contribution is 2.24. The lowest BCUT2D eigenvalue weighted by Crippen LogP contribution is -2.51. The Labute approximate surface area is 151 Å². The molecule has 2 saturated heterocycles. The molecule has 0 unspecified atom stereocenters. The Bertz CT molecular complexity index is 688. The number of rotatable bonds is 4. The molecule has 2 aliphatic heterocycles. The number of benzene rings is 1. The number of carbonyl (C=O) groups excluding carboxylic acids is 3. The Morgan fingerprint density at radius 2 is 1.92 bits per heavy atom. The van der Waals surface area contributed by atoms with Gasteiger partial charge in [0.2, 0.25) is 11.8 Å². The van der Waals surface area contributed by atoms with Gasteiger partial charge < -0.3 is 20.4 Å². The molecule has 1 aromatic carbocycles. The van der Waals surface area contributed by atoms with Crippen LogP contribution in [0, 0.1) is 0 Å². The lowest BCUT2D eigenvalue weighted by Gasteiger charge is -2.27. The summed E-state index contributed by atoms with van der Waals surface area (Å²) < 4.78 is 0. The number of likely N-dealkylation sites (tertiary alicyclic amines) is 1. The van der Waals surface area contributed by atoms with Crippen molar-refractivity contribution in [3.05, 3.63) is 28.8 Å². The predicted octanol–water partition coefficient (Wildman–Crippen LogP) is 0.946. The average Bonchev–Trinajstić information content (AvgIpc) is 3.14. The molecule has 134 valence electrons. The van der Waals surface area contributed by atoms with E-state index in [1.165, 1.54) is 4.90 Å². The van der Waals surface area contributed by atoms with Gasteiger partial charge in [-0.25, -0.2) is 0 Å².